The van der Waals surface area contributed by atoms with E-state index in [4.69, 9.17) is 4.42 Å². The molecule has 5 nitrogen and oxygen atoms in total. The number of rotatable bonds is 2. The van der Waals surface area contributed by atoms with Gasteiger partial charge in [-0.1, -0.05) is 0 Å². The minimum Gasteiger partial charge on any atom is -0.448 e. The Bertz CT molecular complexity index is 549. The summed E-state index contributed by atoms with van der Waals surface area (Å²) < 4.78 is 6.24. The van der Waals surface area contributed by atoms with Gasteiger partial charge in [0.05, 0.1) is 0 Å². The second-order valence-electron chi connectivity index (χ2n) is 4.44. The summed E-state index contributed by atoms with van der Waals surface area (Å²) in [5.41, 5.74) is 0.813. The topological polar surface area (TPSA) is 54.2 Å². The fourth-order valence-corrected chi connectivity index (χ4v) is 2.44. The second-order valence-corrected chi connectivity index (χ2v) is 5.22. The lowest BCUT2D eigenvalue weighted by Gasteiger charge is -2.19. The SMILES string of the molecule is Brc1ccc(-c2ccnc(N3CCCNCC3)n2)o1. The Morgan fingerprint density at radius 2 is 2.16 bits per heavy atom. The Hall–Kier alpha value is -1.40. The highest BCUT2D eigenvalue weighted by Gasteiger charge is 2.13. The van der Waals surface area contributed by atoms with Crippen LogP contribution in [0.3, 0.4) is 0 Å². The minimum atomic E-state index is 0.710. The molecule has 0 aliphatic carbocycles. The van der Waals surface area contributed by atoms with Crippen LogP contribution in [0, 0.1) is 0 Å². The van der Waals surface area contributed by atoms with Gasteiger partial charge >= 0.3 is 0 Å². The number of hydrogen-bond acceptors (Lipinski definition) is 5. The van der Waals surface area contributed by atoms with Gasteiger partial charge in [0.1, 0.15) is 5.69 Å². The van der Waals surface area contributed by atoms with Crippen molar-refractivity contribution in [2.45, 2.75) is 6.42 Å². The van der Waals surface area contributed by atoms with Crippen molar-refractivity contribution in [1.29, 1.82) is 0 Å². The summed E-state index contributed by atoms with van der Waals surface area (Å²) in [4.78, 5) is 11.2. The predicted molar refractivity (Wildman–Crippen MR) is 77.1 cm³/mol. The molecule has 0 aromatic carbocycles. The Kier molecular flexibility index (Phi) is 3.79. The van der Waals surface area contributed by atoms with Crippen molar-refractivity contribution >= 4 is 21.9 Å². The molecular formula is C13H15BrN4O. The van der Waals surface area contributed by atoms with Crippen molar-refractivity contribution in [2.24, 2.45) is 0 Å². The predicted octanol–water partition coefficient (Wildman–Crippen LogP) is 2.30. The molecule has 0 unspecified atom stereocenters. The quantitative estimate of drug-likeness (QED) is 0.919. The molecule has 6 heteroatoms. The third-order valence-corrected chi connectivity index (χ3v) is 3.52. The van der Waals surface area contributed by atoms with E-state index in [1.54, 1.807) is 6.20 Å². The lowest BCUT2D eigenvalue weighted by molar-refractivity contribution is 0.553. The summed E-state index contributed by atoms with van der Waals surface area (Å²) in [7, 11) is 0. The molecule has 0 amide bonds. The molecule has 0 bridgehead atoms. The first-order valence-electron chi connectivity index (χ1n) is 6.37. The molecule has 0 spiro atoms. The van der Waals surface area contributed by atoms with Crippen LogP contribution in [0.25, 0.3) is 11.5 Å². The number of halogens is 1. The Morgan fingerprint density at radius 1 is 1.21 bits per heavy atom. The summed E-state index contributed by atoms with van der Waals surface area (Å²) in [6.07, 6.45) is 2.90. The zero-order chi connectivity index (χ0) is 13.1. The molecular weight excluding hydrogens is 308 g/mol. The van der Waals surface area contributed by atoms with E-state index in [-0.39, 0.29) is 0 Å². The van der Waals surface area contributed by atoms with Gasteiger partial charge in [-0.2, -0.15) is 0 Å². The maximum Gasteiger partial charge on any atom is 0.226 e. The van der Waals surface area contributed by atoms with Gasteiger partial charge in [-0.05, 0) is 47.1 Å². The number of hydrogen-bond donors (Lipinski definition) is 1. The second kappa shape index (κ2) is 5.71. The summed E-state index contributed by atoms with van der Waals surface area (Å²) >= 11 is 3.31. The highest BCUT2D eigenvalue weighted by molar-refractivity contribution is 9.10. The molecule has 0 radical (unpaired) electrons. The van der Waals surface area contributed by atoms with Gasteiger partial charge < -0.3 is 14.6 Å². The van der Waals surface area contributed by atoms with Crippen LogP contribution in [0.1, 0.15) is 6.42 Å². The van der Waals surface area contributed by atoms with Crippen molar-refractivity contribution in [3.05, 3.63) is 29.1 Å². The number of furan rings is 1. The average Bonchev–Trinajstić information content (AvgIpc) is 2.71. The molecule has 1 aliphatic heterocycles. The fraction of sp³-hybridized carbons (Fsp3) is 0.385. The molecule has 1 fully saturated rings. The van der Waals surface area contributed by atoms with Gasteiger partial charge in [0.2, 0.25) is 5.95 Å². The van der Waals surface area contributed by atoms with E-state index in [2.05, 4.69) is 36.1 Å². The van der Waals surface area contributed by atoms with Crippen LogP contribution in [0.4, 0.5) is 5.95 Å². The summed E-state index contributed by atoms with van der Waals surface area (Å²) in [6, 6.07) is 5.64. The van der Waals surface area contributed by atoms with Crippen LogP contribution >= 0.6 is 15.9 Å². The van der Waals surface area contributed by atoms with Gasteiger partial charge in [-0.3, -0.25) is 0 Å². The molecule has 19 heavy (non-hydrogen) atoms. The largest absolute Gasteiger partial charge is 0.448 e. The molecule has 0 atom stereocenters. The Morgan fingerprint density at radius 3 is 3.00 bits per heavy atom. The number of nitrogens with one attached hydrogen (secondary N) is 1. The average molecular weight is 323 g/mol. The van der Waals surface area contributed by atoms with Gasteiger partial charge in [0.25, 0.3) is 0 Å². The van der Waals surface area contributed by atoms with Crippen LogP contribution < -0.4 is 10.2 Å². The van der Waals surface area contributed by atoms with Gasteiger partial charge in [0, 0.05) is 25.8 Å². The molecule has 3 heterocycles. The van der Waals surface area contributed by atoms with Crippen molar-refractivity contribution in [3.8, 4) is 11.5 Å². The summed E-state index contributed by atoms with van der Waals surface area (Å²) in [5, 5.41) is 3.37. The lowest BCUT2D eigenvalue weighted by atomic mass is 10.3. The third-order valence-electron chi connectivity index (χ3n) is 3.09. The number of nitrogens with zero attached hydrogens (tertiary/aromatic N) is 3. The summed E-state index contributed by atoms with van der Waals surface area (Å²) in [6.45, 7) is 3.95. The molecule has 2 aromatic rings. The Labute approximate surface area is 120 Å². The molecule has 100 valence electrons. The van der Waals surface area contributed by atoms with Crippen LogP contribution in [0.2, 0.25) is 0 Å². The normalized spacial score (nSPS) is 16.4. The fourth-order valence-electron chi connectivity index (χ4n) is 2.14. The monoisotopic (exact) mass is 322 g/mol. The minimum absolute atomic E-state index is 0.710. The van der Waals surface area contributed by atoms with E-state index in [9.17, 15) is 0 Å². The smallest absolute Gasteiger partial charge is 0.226 e. The molecule has 0 saturated carbocycles. The number of aromatic nitrogens is 2. The van der Waals surface area contributed by atoms with Gasteiger partial charge in [0.15, 0.2) is 10.4 Å². The van der Waals surface area contributed by atoms with E-state index in [1.165, 1.54) is 0 Å². The lowest BCUT2D eigenvalue weighted by Crippen LogP contribution is -2.29. The maximum absolute atomic E-state index is 5.53. The van der Waals surface area contributed by atoms with Crippen LogP contribution in [-0.4, -0.2) is 36.1 Å². The van der Waals surface area contributed by atoms with Crippen molar-refractivity contribution < 1.29 is 4.42 Å². The van der Waals surface area contributed by atoms with Crippen molar-refractivity contribution in [1.82, 2.24) is 15.3 Å². The van der Waals surface area contributed by atoms with Crippen LogP contribution in [0.5, 0.6) is 0 Å². The highest BCUT2D eigenvalue weighted by atomic mass is 79.9. The molecule has 1 aliphatic rings. The summed E-state index contributed by atoms with van der Waals surface area (Å²) in [5.74, 6) is 1.53. The molecule has 2 aromatic heterocycles. The first-order chi connectivity index (χ1) is 9.33. The molecule has 1 N–H and O–H groups in total. The zero-order valence-electron chi connectivity index (χ0n) is 10.5. The third kappa shape index (κ3) is 2.96. The molecule has 3 rings (SSSR count). The molecule has 1 saturated heterocycles. The van der Waals surface area contributed by atoms with Crippen molar-refractivity contribution in [2.75, 3.05) is 31.1 Å². The van der Waals surface area contributed by atoms with E-state index < -0.39 is 0 Å². The van der Waals surface area contributed by atoms with Crippen molar-refractivity contribution in [3.63, 3.8) is 0 Å². The van der Waals surface area contributed by atoms with E-state index in [0.717, 1.165) is 50.0 Å². The first kappa shape index (κ1) is 12.6. The zero-order valence-corrected chi connectivity index (χ0v) is 12.1. The van der Waals surface area contributed by atoms with Gasteiger partial charge in [-0.25, -0.2) is 9.97 Å². The Balaban J connectivity index is 1.86. The maximum atomic E-state index is 5.53. The number of anilines is 1. The van der Waals surface area contributed by atoms with E-state index >= 15 is 0 Å². The first-order valence-corrected chi connectivity index (χ1v) is 7.17. The van der Waals surface area contributed by atoms with E-state index in [0.29, 0.717) is 4.67 Å². The van der Waals surface area contributed by atoms with Crippen LogP contribution in [0.15, 0.2) is 33.5 Å². The van der Waals surface area contributed by atoms with Crippen LogP contribution in [-0.2, 0) is 0 Å². The highest BCUT2D eigenvalue weighted by Crippen LogP contribution is 2.24. The standard InChI is InChI=1S/C13H15BrN4O/c14-12-3-2-11(19-12)10-4-6-16-13(17-10)18-8-1-5-15-7-9-18/h2-4,6,15H,1,5,7-9H2. The van der Waals surface area contributed by atoms with E-state index in [1.807, 2.05) is 18.2 Å². The van der Waals surface area contributed by atoms with Gasteiger partial charge in [-0.15, -0.1) is 0 Å².